The lowest BCUT2D eigenvalue weighted by Crippen LogP contribution is -1.94. The van der Waals surface area contributed by atoms with Gasteiger partial charge in [-0.2, -0.15) is 0 Å². The van der Waals surface area contributed by atoms with Gasteiger partial charge in [0.2, 0.25) is 0 Å². The van der Waals surface area contributed by atoms with Crippen LogP contribution in [0.25, 0.3) is 16.5 Å². The van der Waals surface area contributed by atoms with Crippen LogP contribution in [0.2, 0.25) is 0 Å². The Labute approximate surface area is 103 Å². The van der Waals surface area contributed by atoms with Gasteiger partial charge < -0.3 is 0 Å². The number of carbonyl (C=O) groups is 1. The first-order valence-corrected chi connectivity index (χ1v) is 5.10. The molecule has 0 atom stereocenters. The Morgan fingerprint density at radius 3 is 2.89 bits per heavy atom. The molecule has 0 heterocycles. The van der Waals surface area contributed by atoms with Gasteiger partial charge in [0.1, 0.15) is 0 Å². The molecule has 1 aromatic rings. The van der Waals surface area contributed by atoms with E-state index in [1.807, 2.05) is 0 Å². The number of nitro groups is 1. The Hall–Kier alpha value is -2.66. The minimum atomic E-state index is -0.596. The maximum atomic E-state index is 10.7. The molecule has 92 valence electrons. The number of nitrogens with zero attached hydrogens (tertiary/aromatic N) is 4. The summed E-state index contributed by atoms with van der Waals surface area (Å²) < 4.78 is 0. The molecule has 0 fully saturated rings. The van der Waals surface area contributed by atoms with Gasteiger partial charge in [-0.15, -0.1) is 0 Å². The van der Waals surface area contributed by atoms with Crippen LogP contribution in [0.1, 0.15) is 22.3 Å². The van der Waals surface area contributed by atoms with E-state index in [9.17, 15) is 14.9 Å². The minimum Gasteiger partial charge on any atom is -0.298 e. The topological polar surface area (TPSA) is 109 Å². The summed E-state index contributed by atoms with van der Waals surface area (Å²) in [7, 11) is 0. The first kappa shape index (κ1) is 13.4. The van der Waals surface area contributed by atoms with Crippen LogP contribution < -0.4 is 0 Å². The number of benzene rings is 1. The SMILES string of the molecule is [N-]=[N+]=NCCC=Cc1ccc(C=O)c([N+](=O)[O-])c1. The van der Waals surface area contributed by atoms with Crippen molar-refractivity contribution in [2.45, 2.75) is 6.42 Å². The van der Waals surface area contributed by atoms with Crippen LogP contribution in [0.4, 0.5) is 5.69 Å². The predicted molar refractivity (Wildman–Crippen MR) is 66.1 cm³/mol. The third-order valence-corrected chi connectivity index (χ3v) is 2.15. The maximum Gasteiger partial charge on any atom is 0.280 e. The van der Waals surface area contributed by atoms with Crippen LogP contribution in [-0.2, 0) is 0 Å². The standard InChI is InChI=1S/C11H10N4O3/c12-14-13-6-2-1-3-9-4-5-10(8-16)11(7-9)15(17)18/h1,3-5,7-8H,2,6H2. The Kier molecular flexibility index (Phi) is 5.08. The summed E-state index contributed by atoms with van der Waals surface area (Å²) in [5, 5.41) is 14.1. The van der Waals surface area contributed by atoms with Gasteiger partial charge in [0.25, 0.3) is 5.69 Å². The van der Waals surface area contributed by atoms with E-state index in [0.717, 1.165) is 0 Å². The van der Waals surface area contributed by atoms with Gasteiger partial charge in [-0.05, 0) is 23.6 Å². The highest BCUT2D eigenvalue weighted by molar-refractivity contribution is 5.82. The fraction of sp³-hybridized carbons (Fsp3) is 0.182. The molecule has 0 N–H and O–H groups in total. The fourth-order valence-corrected chi connectivity index (χ4v) is 1.32. The van der Waals surface area contributed by atoms with Gasteiger partial charge in [-0.1, -0.05) is 23.3 Å². The summed E-state index contributed by atoms with van der Waals surface area (Å²) in [5.74, 6) is 0. The molecule has 7 heteroatoms. The smallest absolute Gasteiger partial charge is 0.280 e. The van der Waals surface area contributed by atoms with Crippen LogP contribution in [0.3, 0.4) is 0 Å². The maximum absolute atomic E-state index is 10.7. The number of aldehydes is 1. The molecule has 18 heavy (non-hydrogen) atoms. The Bertz CT molecular complexity index is 533. The molecule has 0 bridgehead atoms. The molecule has 7 nitrogen and oxygen atoms in total. The van der Waals surface area contributed by atoms with Crippen LogP contribution >= 0.6 is 0 Å². The number of carbonyl (C=O) groups excluding carboxylic acids is 1. The van der Waals surface area contributed by atoms with E-state index in [4.69, 9.17) is 5.53 Å². The zero-order valence-corrected chi connectivity index (χ0v) is 9.39. The van der Waals surface area contributed by atoms with Crippen molar-refractivity contribution in [3.63, 3.8) is 0 Å². The van der Waals surface area contributed by atoms with Crippen LogP contribution in [-0.4, -0.2) is 17.8 Å². The Balaban J connectivity index is 2.84. The molecular formula is C11H10N4O3. The summed E-state index contributed by atoms with van der Waals surface area (Å²) in [6.07, 6.45) is 4.42. The van der Waals surface area contributed by atoms with E-state index < -0.39 is 4.92 Å². The summed E-state index contributed by atoms with van der Waals surface area (Å²) in [6, 6.07) is 4.34. The van der Waals surface area contributed by atoms with Gasteiger partial charge in [0, 0.05) is 17.5 Å². The molecule has 0 radical (unpaired) electrons. The van der Waals surface area contributed by atoms with Crippen molar-refractivity contribution in [1.82, 2.24) is 0 Å². The molecule has 0 amide bonds. The summed E-state index contributed by atoms with van der Waals surface area (Å²) in [5.41, 5.74) is 8.51. The van der Waals surface area contributed by atoms with Crippen molar-refractivity contribution in [2.24, 2.45) is 5.11 Å². The van der Waals surface area contributed by atoms with Crippen molar-refractivity contribution >= 4 is 18.0 Å². The monoisotopic (exact) mass is 246 g/mol. The second-order valence-corrected chi connectivity index (χ2v) is 3.34. The average molecular weight is 246 g/mol. The summed E-state index contributed by atoms with van der Waals surface area (Å²) in [6.45, 7) is 0.335. The Morgan fingerprint density at radius 2 is 2.28 bits per heavy atom. The second kappa shape index (κ2) is 6.82. The van der Waals surface area contributed by atoms with Gasteiger partial charge in [0.05, 0.1) is 10.5 Å². The first-order chi connectivity index (χ1) is 8.69. The molecular weight excluding hydrogens is 236 g/mol. The summed E-state index contributed by atoms with van der Waals surface area (Å²) in [4.78, 5) is 23.3. The highest BCUT2D eigenvalue weighted by Crippen LogP contribution is 2.19. The first-order valence-electron chi connectivity index (χ1n) is 5.10. The lowest BCUT2D eigenvalue weighted by Gasteiger charge is -1.97. The highest BCUT2D eigenvalue weighted by atomic mass is 16.6. The van der Waals surface area contributed by atoms with Crippen LogP contribution in [0.15, 0.2) is 29.4 Å². The molecule has 0 spiro atoms. The predicted octanol–water partition coefficient (Wildman–Crippen LogP) is 3.12. The molecule has 0 unspecified atom stereocenters. The third kappa shape index (κ3) is 3.73. The molecule has 0 aliphatic carbocycles. The average Bonchev–Trinajstić information content (AvgIpc) is 2.38. The lowest BCUT2D eigenvalue weighted by atomic mass is 10.1. The van der Waals surface area contributed by atoms with Crippen molar-refractivity contribution in [1.29, 1.82) is 0 Å². The van der Waals surface area contributed by atoms with Gasteiger partial charge in [-0.25, -0.2) is 0 Å². The van der Waals surface area contributed by atoms with E-state index >= 15 is 0 Å². The highest BCUT2D eigenvalue weighted by Gasteiger charge is 2.12. The summed E-state index contributed by atoms with van der Waals surface area (Å²) >= 11 is 0. The van der Waals surface area contributed by atoms with Gasteiger partial charge >= 0.3 is 0 Å². The van der Waals surface area contributed by atoms with Crippen molar-refractivity contribution in [3.05, 3.63) is 56.0 Å². The number of nitro benzene ring substituents is 1. The number of rotatable bonds is 6. The molecule has 0 saturated carbocycles. The minimum absolute atomic E-state index is 0.0474. The molecule has 1 aromatic carbocycles. The Morgan fingerprint density at radius 1 is 1.50 bits per heavy atom. The van der Waals surface area contributed by atoms with E-state index in [-0.39, 0.29) is 11.3 Å². The third-order valence-electron chi connectivity index (χ3n) is 2.15. The van der Waals surface area contributed by atoms with Crippen LogP contribution in [0.5, 0.6) is 0 Å². The van der Waals surface area contributed by atoms with Crippen molar-refractivity contribution < 1.29 is 9.72 Å². The van der Waals surface area contributed by atoms with Gasteiger partial charge in [-0.3, -0.25) is 14.9 Å². The normalized spacial score (nSPS) is 10.0. The molecule has 0 aliphatic rings. The van der Waals surface area contributed by atoms with Crippen LogP contribution in [0, 0.1) is 10.1 Å². The number of hydrogen-bond acceptors (Lipinski definition) is 4. The largest absolute Gasteiger partial charge is 0.298 e. The lowest BCUT2D eigenvalue weighted by molar-refractivity contribution is -0.385. The molecule has 0 saturated heterocycles. The van der Waals surface area contributed by atoms with Gasteiger partial charge in [0.15, 0.2) is 6.29 Å². The zero-order valence-electron chi connectivity index (χ0n) is 9.39. The number of azide groups is 1. The zero-order chi connectivity index (χ0) is 13.4. The quantitative estimate of drug-likeness (QED) is 0.146. The van der Waals surface area contributed by atoms with Crippen molar-refractivity contribution in [3.8, 4) is 0 Å². The van der Waals surface area contributed by atoms with E-state index in [1.165, 1.54) is 12.1 Å². The van der Waals surface area contributed by atoms with E-state index in [1.54, 1.807) is 18.2 Å². The second-order valence-electron chi connectivity index (χ2n) is 3.34. The number of hydrogen-bond donors (Lipinski definition) is 0. The van der Waals surface area contributed by atoms with Crippen molar-refractivity contribution in [2.75, 3.05) is 6.54 Å². The molecule has 0 aliphatic heterocycles. The fourth-order valence-electron chi connectivity index (χ4n) is 1.32. The molecule has 1 rings (SSSR count). The molecule has 0 aromatic heterocycles. The van der Waals surface area contributed by atoms with E-state index in [2.05, 4.69) is 10.0 Å². The van der Waals surface area contributed by atoms with E-state index in [0.29, 0.717) is 24.8 Å².